The molecule has 1 unspecified atom stereocenters. The van der Waals surface area contributed by atoms with Crippen molar-refractivity contribution in [2.75, 3.05) is 33.9 Å². The Morgan fingerprint density at radius 2 is 1.51 bits per heavy atom. The van der Waals surface area contributed by atoms with E-state index in [2.05, 4.69) is 18.7 Å². The summed E-state index contributed by atoms with van der Waals surface area (Å²) in [6, 6.07) is 13.4. The average molecular weight is 527 g/mol. The zero-order valence-corrected chi connectivity index (χ0v) is 23.7. The number of aliphatic hydroxyl groups is 1. The Bertz CT molecular complexity index is 1110. The van der Waals surface area contributed by atoms with Crippen molar-refractivity contribution in [2.24, 2.45) is 0 Å². The maximum absolute atomic E-state index is 11.6. The normalized spacial score (nSPS) is 12.3. The highest BCUT2D eigenvalue weighted by Crippen LogP contribution is 2.35. The van der Waals surface area contributed by atoms with Crippen LogP contribution in [-0.2, 0) is 0 Å². The lowest BCUT2D eigenvalue weighted by Crippen LogP contribution is -2.31. The van der Waals surface area contributed by atoms with Crippen molar-refractivity contribution in [1.29, 1.82) is 0 Å². The Balaban J connectivity index is 1.92. The summed E-state index contributed by atoms with van der Waals surface area (Å²) in [6.45, 7) is 7.09. The molecule has 0 bridgehead atoms. The van der Waals surface area contributed by atoms with Gasteiger partial charge in [-0.1, -0.05) is 64.0 Å². The Hall–Kier alpha value is -2.34. The highest BCUT2D eigenvalue weighted by atomic mass is 35.5. The van der Waals surface area contributed by atoms with Crippen LogP contribution in [-0.4, -0.2) is 48.8 Å². The summed E-state index contributed by atoms with van der Waals surface area (Å²) < 4.78 is 10.9. The van der Waals surface area contributed by atoms with E-state index in [1.54, 1.807) is 14.2 Å². The largest absolute Gasteiger partial charge is 0.493 e. The van der Waals surface area contributed by atoms with Gasteiger partial charge >= 0.3 is 0 Å². The van der Waals surface area contributed by atoms with Crippen molar-refractivity contribution in [3.05, 3.63) is 53.1 Å². The van der Waals surface area contributed by atoms with E-state index in [1.807, 2.05) is 42.5 Å². The summed E-state index contributed by atoms with van der Waals surface area (Å²) >= 11 is 6.38. The molecule has 3 aromatic rings. The lowest BCUT2D eigenvalue weighted by Gasteiger charge is -2.26. The highest BCUT2D eigenvalue weighted by molar-refractivity contribution is 6.31. The van der Waals surface area contributed by atoms with E-state index in [0.29, 0.717) is 23.1 Å². The van der Waals surface area contributed by atoms with Crippen LogP contribution in [0.2, 0.25) is 5.02 Å². The minimum Gasteiger partial charge on any atom is -0.493 e. The molecular weight excluding hydrogens is 484 g/mol. The monoisotopic (exact) mass is 526 g/mol. The van der Waals surface area contributed by atoms with Crippen molar-refractivity contribution in [3.63, 3.8) is 0 Å². The highest BCUT2D eigenvalue weighted by Gasteiger charge is 2.19. The summed E-state index contributed by atoms with van der Waals surface area (Å²) in [7, 11) is 3.25. The van der Waals surface area contributed by atoms with Crippen molar-refractivity contribution < 1.29 is 14.6 Å². The van der Waals surface area contributed by atoms with Crippen LogP contribution in [0.3, 0.4) is 0 Å². The first-order valence-electron chi connectivity index (χ1n) is 13.7. The maximum atomic E-state index is 11.6. The van der Waals surface area contributed by atoms with E-state index in [1.165, 1.54) is 38.5 Å². The number of aromatic nitrogens is 1. The second kappa shape index (κ2) is 15.2. The molecule has 0 aliphatic heterocycles. The second-order valence-corrected chi connectivity index (χ2v) is 10.2. The number of nitrogens with zero attached hydrogens (tertiary/aromatic N) is 2. The molecule has 0 spiro atoms. The van der Waals surface area contributed by atoms with Gasteiger partial charge in [-0.15, -0.1) is 0 Å². The van der Waals surface area contributed by atoms with Gasteiger partial charge in [-0.2, -0.15) is 0 Å². The van der Waals surface area contributed by atoms with Crippen molar-refractivity contribution in [1.82, 2.24) is 9.88 Å². The fourth-order valence-electron chi connectivity index (χ4n) is 4.80. The summed E-state index contributed by atoms with van der Waals surface area (Å²) in [5.74, 6) is 1.31. The number of benzene rings is 2. The second-order valence-electron chi connectivity index (χ2n) is 9.77. The number of fused-ring (bicyclic) bond motifs is 1. The van der Waals surface area contributed by atoms with Gasteiger partial charge in [0, 0.05) is 22.5 Å². The smallest absolute Gasteiger partial charge is 0.161 e. The molecule has 6 heteroatoms. The number of aliphatic hydroxyl groups excluding tert-OH is 1. The zero-order valence-electron chi connectivity index (χ0n) is 22.9. The predicted molar refractivity (Wildman–Crippen MR) is 155 cm³/mol. The van der Waals surface area contributed by atoms with E-state index < -0.39 is 6.10 Å². The topological polar surface area (TPSA) is 54.8 Å². The number of ether oxygens (including phenoxy) is 2. The molecule has 1 heterocycles. The van der Waals surface area contributed by atoms with Gasteiger partial charge in [-0.05, 0) is 74.0 Å². The van der Waals surface area contributed by atoms with Crippen molar-refractivity contribution in [2.45, 2.75) is 71.3 Å². The molecule has 0 saturated carbocycles. The number of halogens is 1. The quantitative estimate of drug-likeness (QED) is 0.191. The van der Waals surface area contributed by atoms with Crippen molar-refractivity contribution in [3.8, 4) is 22.8 Å². The van der Waals surface area contributed by atoms with Gasteiger partial charge in [0.1, 0.15) is 0 Å². The van der Waals surface area contributed by atoms with Crippen LogP contribution in [0.4, 0.5) is 0 Å². The molecule has 5 nitrogen and oxygen atoms in total. The van der Waals surface area contributed by atoms with E-state index >= 15 is 0 Å². The number of methoxy groups -OCH3 is 2. The van der Waals surface area contributed by atoms with Gasteiger partial charge < -0.3 is 19.5 Å². The lowest BCUT2D eigenvalue weighted by molar-refractivity contribution is 0.111. The minimum absolute atomic E-state index is 0.593. The van der Waals surface area contributed by atoms with Gasteiger partial charge in [-0.25, -0.2) is 4.98 Å². The molecule has 0 saturated heterocycles. The molecule has 0 aliphatic rings. The molecule has 1 atom stereocenters. The van der Waals surface area contributed by atoms with Gasteiger partial charge in [0.25, 0.3) is 0 Å². The third-order valence-corrected chi connectivity index (χ3v) is 7.16. The average Bonchev–Trinajstić information content (AvgIpc) is 2.92. The molecule has 0 fully saturated rings. The Kier molecular flexibility index (Phi) is 12.0. The Morgan fingerprint density at radius 1 is 0.838 bits per heavy atom. The van der Waals surface area contributed by atoms with Crippen LogP contribution in [0.15, 0.2) is 42.5 Å². The van der Waals surface area contributed by atoms with Crippen LogP contribution < -0.4 is 9.47 Å². The third kappa shape index (κ3) is 8.33. The fraction of sp³-hybridized carbons (Fsp3) is 0.516. The SMILES string of the molecule is CCCCCCN(CCCCCC)CC(O)c1cc(-c2ccc(OC)c(OC)c2)nc2ccc(Cl)cc12. The third-order valence-electron chi connectivity index (χ3n) is 6.93. The fourth-order valence-corrected chi connectivity index (χ4v) is 4.98. The lowest BCUT2D eigenvalue weighted by atomic mass is 9.99. The molecular formula is C31H43ClN2O3. The van der Waals surface area contributed by atoms with E-state index in [0.717, 1.165) is 53.7 Å². The molecule has 0 aliphatic carbocycles. The van der Waals surface area contributed by atoms with E-state index in [4.69, 9.17) is 26.1 Å². The molecule has 3 rings (SSSR count). The van der Waals surface area contributed by atoms with Gasteiger partial charge in [-0.3, -0.25) is 0 Å². The number of rotatable bonds is 16. The van der Waals surface area contributed by atoms with Gasteiger partial charge in [0.2, 0.25) is 0 Å². The minimum atomic E-state index is -0.653. The molecule has 37 heavy (non-hydrogen) atoms. The summed E-state index contributed by atoms with van der Waals surface area (Å²) in [5, 5.41) is 13.1. The predicted octanol–water partition coefficient (Wildman–Crippen LogP) is 8.07. The first kappa shape index (κ1) is 29.2. The standard InChI is InChI=1S/C31H43ClN2O3/c1-5-7-9-11-17-34(18-12-10-8-6-2)22-29(35)26-21-28(33-27-15-14-24(32)20-25(26)27)23-13-16-30(36-3)31(19-23)37-4/h13-16,19-21,29,35H,5-12,17-18,22H2,1-4H3. The first-order chi connectivity index (χ1) is 18.0. The molecule has 1 N–H and O–H groups in total. The first-order valence-corrected chi connectivity index (χ1v) is 14.1. The van der Waals surface area contributed by atoms with Crippen LogP contribution in [0, 0.1) is 0 Å². The van der Waals surface area contributed by atoms with Crippen LogP contribution in [0.1, 0.15) is 76.9 Å². The maximum Gasteiger partial charge on any atom is 0.161 e. The van der Waals surface area contributed by atoms with E-state index in [-0.39, 0.29) is 0 Å². The van der Waals surface area contributed by atoms with Crippen molar-refractivity contribution >= 4 is 22.5 Å². The van der Waals surface area contributed by atoms with Gasteiger partial charge in [0.05, 0.1) is 31.5 Å². The van der Waals surface area contributed by atoms with Crippen LogP contribution in [0.5, 0.6) is 11.5 Å². The number of hydrogen-bond donors (Lipinski definition) is 1. The number of unbranched alkanes of at least 4 members (excludes halogenated alkanes) is 6. The summed E-state index contributed by atoms with van der Waals surface area (Å²) in [5.41, 5.74) is 3.34. The molecule has 202 valence electrons. The summed E-state index contributed by atoms with van der Waals surface area (Å²) in [6.07, 6.45) is 9.10. The van der Waals surface area contributed by atoms with E-state index in [9.17, 15) is 5.11 Å². The molecule has 0 amide bonds. The number of hydrogen-bond acceptors (Lipinski definition) is 5. The molecule has 1 aromatic heterocycles. The van der Waals surface area contributed by atoms with Crippen LogP contribution in [0.25, 0.3) is 22.2 Å². The Labute approximate surface area is 227 Å². The van der Waals surface area contributed by atoms with Crippen LogP contribution >= 0.6 is 11.6 Å². The summed E-state index contributed by atoms with van der Waals surface area (Å²) in [4.78, 5) is 7.33. The zero-order chi connectivity index (χ0) is 26.6. The molecule has 2 aromatic carbocycles. The Morgan fingerprint density at radius 3 is 2.14 bits per heavy atom. The number of pyridine rings is 1. The molecule has 0 radical (unpaired) electrons. The van der Waals surface area contributed by atoms with Gasteiger partial charge in [0.15, 0.2) is 11.5 Å².